The molecule has 0 aliphatic carbocycles. The first-order valence-corrected chi connectivity index (χ1v) is 13.4. The second-order valence-corrected chi connectivity index (χ2v) is 10.9. The van der Waals surface area contributed by atoms with Gasteiger partial charge < -0.3 is 19.3 Å². The van der Waals surface area contributed by atoms with E-state index in [4.69, 9.17) is 9.47 Å². The van der Waals surface area contributed by atoms with Crippen molar-refractivity contribution in [3.63, 3.8) is 0 Å². The van der Waals surface area contributed by atoms with Gasteiger partial charge in [-0.25, -0.2) is 8.42 Å². The summed E-state index contributed by atoms with van der Waals surface area (Å²) in [5, 5.41) is 0. The highest BCUT2D eigenvalue weighted by Gasteiger charge is 2.37. The Kier molecular flexibility index (Phi) is 6.66. The maximum Gasteiger partial charge on any atom is 0.267 e. The SMILES string of the molecule is O=C(C1CCN(S(=O)(=O)c2ccccc2)CC1)N1CCN(C(=O)C2COc3ccccc3O2)CC1. The molecule has 3 aliphatic rings. The zero-order chi connectivity index (χ0) is 24.4. The smallest absolute Gasteiger partial charge is 0.267 e. The summed E-state index contributed by atoms with van der Waals surface area (Å²) in [5.41, 5.74) is 0. The van der Waals surface area contributed by atoms with Crippen LogP contribution in [0.4, 0.5) is 0 Å². The number of para-hydroxylation sites is 2. The van der Waals surface area contributed by atoms with Crippen LogP contribution in [-0.4, -0.2) is 86.3 Å². The molecule has 9 nitrogen and oxygen atoms in total. The molecule has 3 heterocycles. The molecule has 2 aromatic rings. The summed E-state index contributed by atoms with van der Waals surface area (Å²) in [6.45, 7) is 2.60. The van der Waals surface area contributed by atoms with Gasteiger partial charge in [0.05, 0.1) is 4.90 Å². The van der Waals surface area contributed by atoms with Crippen molar-refractivity contribution in [2.75, 3.05) is 45.9 Å². The second-order valence-electron chi connectivity index (χ2n) is 9.01. The van der Waals surface area contributed by atoms with E-state index in [1.165, 1.54) is 4.31 Å². The number of nitrogens with zero attached hydrogens (tertiary/aromatic N) is 3. The van der Waals surface area contributed by atoms with Gasteiger partial charge in [-0.1, -0.05) is 30.3 Å². The maximum absolute atomic E-state index is 13.1. The third-order valence-corrected chi connectivity index (χ3v) is 8.78. The Balaban J connectivity index is 1.11. The highest BCUT2D eigenvalue weighted by atomic mass is 32.2. The molecule has 35 heavy (non-hydrogen) atoms. The Morgan fingerprint density at radius 2 is 1.31 bits per heavy atom. The van der Waals surface area contributed by atoms with Crippen molar-refractivity contribution in [2.24, 2.45) is 5.92 Å². The minimum Gasteiger partial charge on any atom is -0.485 e. The highest BCUT2D eigenvalue weighted by molar-refractivity contribution is 7.89. The lowest BCUT2D eigenvalue weighted by Gasteiger charge is -2.39. The van der Waals surface area contributed by atoms with E-state index >= 15 is 0 Å². The van der Waals surface area contributed by atoms with E-state index in [1.54, 1.807) is 46.2 Å². The van der Waals surface area contributed by atoms with E-state index in [0.717, 1.165) is 0 Å². The summed E-state index contributed by atoms with van der Waals surface area (Å²) < 4.78 is 38.6. The largest absolute Gasteiger partial charge is 0.485 e. The molecule has 0 saturated carbocycles. The van der Waals surface area contributed by atoms with E-state index in [0.29, 0.717) is 63.6 Å². The Morgan fingerprint density at radius 3 is 1.97 bits per heavy atom. The topological polar surface area (TPSA) is 96.5 Å². The molecule has 186 valence electrons. The third kappa shape index (κ3) is 4.85. The van der Waals surface area contributed by atoms with Crippen LogP contribution in [-0.2, 0) is 19.6 Å². The number of benzene rings is 2. The van der Waals surface area contributed by atoms with Crippen molar-refractivity contribution in [3.05, 3.63) is 54.6 Å². The zero-order valence-corrected chi connectivity index (χ0v) is 20.2. The van der Waals surface area contributed by atoms with Crippen LogP contribution in [0.15, 0.2) is 59.5 Å². The first kappa shape index (κ1) is 23.6. The van der Waals surface area contributed by atoms with Crippen LogP contribution in [0.5, 0.6) is 11.5 Å². The molecule has 10 heteroatoms. The summed E-state index contributed by atoms with van der Waals surface area (Å²) in [7, 11) is -3.54. The normalized spacial score (nSPS) is 21.5. The van der Waals surface area contributed by atoms with Crippen LogP contribution in [0.3, 0.4) is 0 Å². The number of piperazine rings is 1. The number of hydrogen-bond acceptors (Lipinski definition) is 6. The monoisotopic (exact) mass is 499 g/mol. The first-order chi connectivity index (χ1) is 16.9. The van der Waals surface area contributed by atoms with Crippen LogP contribution in [0.1, 0.15) is 12.8 Å². The quantitative estimate of drug-likeness (QED) is 0.634. The lowest BCUT2D eigenvalue weighted by molar-refractivity contribution is -0.147. The van der Waals surface area contributed by atoms with Gasteiger partial charge in [0.15, 0.2) is 11.5 Å². The van der Waals surface area contributed by atoms with Gasteiger partial charge in [-0.3, -0.25) is 9.59 Å². The molecule has 3 aliphatic heterocycles. The van der Waals surface area contributed by atoms with Gasteiger partial charge >= 0.3 is 0 Å². The van der Waals surface area contributed by atoms with Crippen molar-refractivity contribution >= 4 is 21.8 Å². The molecule has 2 amide bonds. The summed E-state index contributed by atoms with van der Waals surface area (Å²) >= 11 is 0. The standard InChI is InChI=1S/C25H29N3O6S/c29-24(19-10-12-28(13-11-19)35(31,32)20-6-2-1-3-7-20)26-14-16-27(17-15-26)25(30)23-18-33-21-8-4-5-9-22(21)34-23/h1-9,19,23H,10-18H2. The van der Waals surface area contributed by atoms with Crippen LogP contribution in [0.25, 0.3) is 0 Å². The fourth-order valence-electron chi connectivity index (χ4n) is 4.83. The Labute approximate surface area is 205 Å². The van der Waals surface area contributed by atoms with E-state index in [-0.39, 0.29) is 29.2 Å². The van der Waals surface area contributed by atoms with Crippen LogP contribution >= 0.6 is 0 Å². The average molecular weight is 500 g/mol. The lowest BCUT2D eigenvalue weighted by Crippen LogP contribution is -2.56. The van der Waals surface area contributed by atoms with Gasteiger partial charge in [-0.2, -0.15) is 4.31 Å². The van der Waals surface area contributed by atoms with Crippen molar-refractivity contribution in [2.45, 2.75) is 23.8 Å². The fourth-order valence-corrected chi connectivity index (χ4v) is 6.33. The van der Waals surface area contributed by atoms with Gasteiger partial charge in [0.1, 0.15) is 6.61 Å². The van der Waals surface area contributed by atoms with Crippen molar-refractivity contribution in [3.8, 4) is 11.5 Å². The summed E-state index contributed by atoms with van der Waals surface area (Å²) in [4.78, 5) is 29.8. The summed E-state index contributed by atoms with van der Waals surface area (Å²) in [6.07, 6.45) is 0.302. The number of sulfonamides is 1. The van der Waals surface area contributed by atoms with E-state index in [1.807, 2.05) is 18.2 Å². The molecule has 2 aromatic carbocycles. The van der Waals surface area contributed by atoms with Gasteiger partial charge in [0.2, 0.25) is 22.0 Å². The highest BCUT2D eigenvalue weighted by Crippen LogP contribution is 2.31. The molecule has 2 saturated heterocycles. The minimum absolute atomic E-state index is 0.0417. The van der Waals surface area contributed by atoms with Gasteiger partial charge in [-0.15, -0.1) is 0 Å². The Bertz CT molecular complexity index is 1170. The van der Waals surface area contributed by atoms with E-state index in [2.05, 4.69) is 0 Å². The fraction of sp³-hybridized carbons (Fsp3) is 0.440. The minimum atomic E-state index is -3.54. The predicted molar refractivity (Wildman–Crippen MR) is 127 cm³/mol. The number of carbonyl (C=O) groups is 2. The van der Waals surface area contributed by atoms with Gasteiger partial charge in [-0.05, 0) is 37.1 Å². The second kappa shape index (κ2) is 9.87. The van der Waals surface area contributed by atoms with Crippen molar-refractivity contribution in [1.29, 1.82) is 0 Å². The molecule has 1 unspecified atom stereocenters. The molecule has 0 aromatic heterocycles. The number of piperidine rings is 1. The number of amides is 2. The van der Waals surface area contributed by atoms with Crippen molar-refractivity contribution in [1.82, 2.24) is 14.1 Å². The molecule has 0 radical (unpaired) electrons. The Morgan fingerprint density at radius 1 is 0.743 bits per heavy atom. The predicted octanol–water partition coefficient (Wildman–Crippen LogP) is 1.60. The number of fused-ring (bicyclic) bond motifs is 1. The maximum atomic E-state index is 13.1. The van der Waals surface area contributed by atoms with Gasteiger partial charge in [0, 0.05) is 45.2 Å². The lowest BCUT2D eigenvalue weighted by atomic mass is 9.96. The number of carbonyl (C=O) groups excluding carboxylic acids is 2. The molecule has 2 fully saturated rings. The average Bonchev–Trinajstić information content (AvgIpc) is 2.92. The first-order valence-electron chi connectivity index (χ1n) is 11.9. The van der Waals surface area contributed by atoms with Crippen LogP contribution < -0.4 is 9.47 Å². The number of ether oxygens (including phenoxy) is 2. The van der Waals surface area contributed by atoms with Gasteiger partial charge in [0.25, 0.3) is 5.91 Å². The third-order valence-electron chi connectivity index (χ3n) is 6.87. The summed E-state index contributed by atoms with van der Waals surface area (Å²) in [5.74, 6) is 0.901. The number of rotatable bonds is 4. The van der Waals surface area contributed by atoms with Crippen molar-refractivity contribution < 1.29 is 27.5 Å². The molecular formula is C25H29N3O6S. The molecule has 1 atom stereocenters. The number of hydrogen-bond donors (Lipinski definition) is 0. The molecule has 5 rings (SSSR count). The van der Waals surface area contributed by atoms with E-state index < -0.39 is 16.1 Å². The van der Waals surface area contributed by atoms with Crippen LogP contribution in [0.2, 0.25) is 0 Å². The summed E-state index contributed by atoms with van der Waals surface area (Å²) in [6, 6.07) is 15.7. The molecule has 0 bridgehead atoms. The Hall–Kier alpha value is -3.11. The molecule has 0 N–H and O–H groups in total. The zero-order valence-electron chi connectivity index (χ0n) is 19.4. The van der Waals surface area contributed by atoms with E-state index in [9.17, 15) is 18.0 Å². The molecular weight excluding hydrogens is 470 g/mol. The molecule has 0 spiro atoms. The van der Waals surface area contributed by atoms with Crippen LogP contribution in [0, 0.1) is 5.92 Å².